The van der Waals surface area contributed by atoms with Gasteiger partial charge in [0.1, 0.15) is 23.7 Å². The van der Waals surface area contributed by atoms with Crippen molar-refractivity contribution in [3.8, 4) is 11.5 Å². The maximum Gasteiger partial charge on any atom is 0.332 e. The Kier molecular flexibility index (Phi) is 5.18. The second-order valence-electron chi connectivity index (χ2n) is 6.21. The van der Waals surface area contributed by atoms with Gasteiger partial charge in [0.15, 0.2) is 0 Å². The molecule has 1 saturated heterocycles. The quantitative estimate of drug-likeness (QED) is 0.719. The molecule has 2 unspecified atom stereocenters. The molecule has 0 saturated carbocycles. The number of para-hydroxylation sites is 1. The van der Waals surface area contributed by atoms with Crippen molar-refractivity contribution < 1.29 is 24.2 Å². The number of aromatic hydroxyl groups is 1. The lowest BCUT2D eigenvalue weighted by Crippen LogP contribution is -2.71. The second-order valence-corrected chi connectivity index (χ2v) is 6.21. The van der Waals surface area contributed by atoms with Gasteiger partial charge in [-0.25, -0.2) is 4.79 Å². The summed E-state index contributed by atoms with van der Waals surface area (Å²) in [4.78, 5) is 40.0. The van der Waals surface area contributed by atoms with Gasteiger partial charge in [0.25, 0.3) is 11.8 Å². The van der Waals surface area contributed by atoms with Gasteiger partial charge in [-0.3, -0.25) is 19.4 Å². The summed E-state index contributed by atoms with van der Waals surface area (Å²) in [5.74, 6) is -1.29. The Labute approximate surface area is 161 Å². The summed E-state index contributed by atoms with van der Waals surface area (Å²) >= 11 is 0. The van der Waals surface area contributed by atoms with E-state index in [9.17, 15) is 19.5 Å². The van der Waals surface area contributed by atoms with Crippen LogP contribution in [0.25, 0.3) is 0 Å². The van der Waals surface area contributed by atoms with Gasteiger partial charge < -0.3 is 20.9 Å². The molecule has 9 heteroatoms. The fraction of sp³-hybridized carbons (Fsp3) is 0.211. The van der Waals surface area contributed by atoms with Crippen molar-refractivity contribution in [3.05, 3.63) is 54.1 Å². The molecule has 2 aromatic carbocycles. The number of amides is 4. The maximum absolute atomic E-state index is 12.7. The van der Waals surface area contributed by atoms with Crippen LogP contribution in [-0.2, 0) is 4.79 Å². The third kappa shape index (κ3) is 3.35. The van der Waals surface area contributed by atoms with Crippen LogP contribution in [0, 0.1) is 0 Å². The number of benzene rings is 2. The van der Waals surface area contributed by atoms with Gasteiger partial charge in [-0.2, -0.15) is 0 Å². The number of imide groups is 1. The fourth-order valence-corrected chi connectivity index (χ4v) is 2.95. The number of nitrogens with two attached hydrogens (primary N) is 1. The smallest absolute Gasteiger partial charge is 0.332 e. The molecule has 0 aliphatic carbocycles. The lowest BCUT2D eigenvalue weighted by molar-refractivity contribution is -0.130. The minimum Gasteiger partial charge on any atom is -0.507 e. The fourth-order valence-electron chi connectivity index (χ4n) is 2.95. The Hall–Kier alpha value is -3.59. The molecule has 3 rings (SSSR count). The number of anilines is 1. The number of likely N-dealkylation sites (N-methyl/N-ethyl adjacent to an activating group) is 1. The van der Waals surface area contributed by atoms with E-state index in [0.29, 0.717) is 11.4 Å². The Morgan fingerprint density at radius 1 is 1.18 bits per heavy atom. The molecule has 9 nitrogen and oxygen atoms in total. The second kappa shape index (κ2) is 7.57. The summed E-state index contributed by atoms with van der Waals surface area (Å²) in [5, 5.41) is 12.5. The van der Waals surface area contributed by atoms with Crippen LogP contribution in [0.4, 0.5) is 10.5 Å². The summed E-state index contributed by atoms with van der Waals surface area (Å²) in [7, 11) is 2.74. The molecule has 4 N–H and O–H groups in total. The van der Waals surface area contributed by atoms with E-state index in [0.717, 1.165) is 4.90 Å². The first kappa shape index (κ1) is 19.2. The van der Waals surface area contributed by atoms with Crippen molar-refractivity contribution in [1.29, 1.82) is 0 Å². The number of phenols is 1. The normalized spacial score (nSPS) is 19.5. The van der Waals surface area contributed by atoms with E-state index >= 15 is 0 Å². The molecule has 4 amide bonds. The zero-order valence-corrected chi connectivity index (χ0v) is 15.3. The number of hydrogen-bond donors (Lipinski definition) is 3. The summed E-state index contributed by atoms with van der Waals surface area (Å²) in [5.41, 5.74) is 6.58. The highest BCUT2D eigenvalue weighted by Crippen LogP contribution is 2.25. The van der Waals surface area contributed by atoms with E-state index in [1.807, 2.05) is 0 Å². The molecular weight excluding hydrogens is 364 g/mol. The van der Waals surface area contributed by atoms with Crippen LogP contribution in [0.15, 0.2) is 48.5 Å². The molecule has 0 spiro atoms. The highest BCUT2D eigenvalue weighted by Gasteiger charge is 2.44. The molecule has 1 aliphatic rings. The predicted octanol–water partition coefficient (Wildman–Crippen LogP) is 0.883. The molecule has 1 heterocycles. The number of nitrogens with one attached hydrogen (secondary N) is 1. The lowest BCUT2D eigenvalue weighted by Gasteiger charge is -2.41. The number of urea groups is 1. The highest BCUT2D eigenvalue weighted by molar-refractivity contribution is 6.10. The summed E-state index contributed by atoms with van der Waals surface area (Å²) in [6, 6.07) is 10.9. The number of ether oxygens (including phenoxy) is 1. The van der Waals surface area contributed by atoms with Gasteiger partial charge in [-0.05, 0) is 30.3 Å². The zero-order valence-electron chi connectivity index (χ0n) is 15.3. The molecular formula is C19H20N4O5. The SMILES string of the molecule is COc1ccc(O)c(C(=O)NC2C(=O)N(C)C(=O)N(c3ccccc3)C2N)c1. The van der Waals surface area contributed by atoms with Crippen molar-refractivity contribution >= 4 is 23.5 Å². The topological polar surface area (TPSA) is 125 Å². The average molecular weight is 384 g/mol. The van der Waals surface area contributed by atoms with Gasteiger partial charge in [-0.15, -0.1) is 0 Å². The number of nitrogens with zero attached hydrogens (tertiary/aromatic N) is 2. The van der Waals surface area contributed by atoms with E-state index in [4.69, 9.17) is 10.5 Å². The Balaban J connectivity index is 1.91. The van der Waals surface area contributed by atoms with E-state index < -0.39 is 30.1 Å². The number of carbonyl (C=O) groups is 3. The number of hydrogen-bond acceptors (Lipinski definition) is 6. The van der Waals surface area contributed by atoms with Crippen molar-refractivity contribution in [2.45, 2.75) is 12.2 Å². The molecule has 0 radical (unpaired) electrons. The molecule has 28 heavy (non-hydrogen) atoms. The number of rotatable bonds is 4. The Morgan fingerprint density at radius 2 is 1.86 bits per heavy atom. The first-order valence-electron chi connectivity index (χ1n) is 8.44. The average Bonchev–Trinajstić information content (AvgIpc) is 2.71. The standard InChI is InChI=1S/C19H20N4O5/c1-22-18(26)15(16(20)23(19(22)27)11-6-4-3-5-7-11)21-17(25)13-10-12(28-2)8-9-14(13)24/h3-10,15-16,24H,20H2,1-2H3,(H,21,25). The van der Waals surface area contributed by atoms with Gasteiger partial charge in [0.2, 0.25) is 0 Å². The van der Waals surface area contributed by atoms with Crippen LogP contribution in [0.1, 0.15) is 10.4 Å². The van der Waals surface area contributed by atoms with Gasteiger partial charge in [0.05, 0.1) is 12.7 Å². The van der Waals surface area contributed by atoms with Crippen LogP contribution in [0.2, 0.25) is 0 Å². The predicted molar refractivity (Wildman–Crippen MR) is 101 cm³/mol. The molecule has 2 atom stereocenters. The summed E-state index contributed by atoms with van der Waals surface area (Å²) in [6.45, 7) is 0. The summed E-state index contributed by atoms with van der Waals surface area (Å²) < 4.78 is 5.05. The molecule has 146 valence electrons. The third-order valence-corrected chi connectivity index (χ3v) is 4.50. The van der Waals surface area contributed by atoms with Crippen LogP contribution < -0.4 is 20.7 Å². The third-order valence-electron chi connectivity index (χ3n) is 4.50. The van der Waals surface area contributed by atoms with E-state index in [-0.39, 0.29) is 11.3 Å². The van der Waals surface area contributed by atoms with Gasteiger partial charge >= 0.3 is 6.03 Å². The van der Waals surface area contributed by atoms with E-state index in [1.165, 1.54) is 37.3 Å². The van der Waals surface area contributed by atoms with Crippen LogP contribution in [0.5, 0.6) is 11.5 Å². The number of methoxy groups -OCH3 is 1. The van der Waals surface area contributed by atoms with E-state index in [1.54, 1.807) is 30.3 Å². The van der Waals surface area contributed by atoms with Gasteiger partial charge in [-0.1, -0.05) is 18.2 Å². The van der Waals surface area contributed by atoms with Gasteiger partial charge in [0, 0.05) is 12.7 Å². The lowest BCUT2D eigenvalue weighted by atomic mass is 10.1. The van der Waals surface area contributed by atoms with Crippen molar-refractivity contribution in [2.75, 3.05) is 19.1 Å². The first-order chi connectivity index (χ1) is 13.3. The van der Waals surface area contributed by atoms with Crippen molar-refractivity contribution in [1.82, 2.24) is 10.2 Å². The molecule has 0 bridgehead atoms. The molecule has 0 aromatic heterocycles. The minimum atomic E-state index is -1.21. The maximum atomic E-state index is 12.7. The van der Waals surface area contributed by atoms with Crippen LogP contribution >= 0.6 is 0 Å². The Morgan fingerprint density at radius 3 is 2.50 bits per heavy atom. The Bertz CT molecular complexity index is 918. The zero-order chi connectivity index (χ0) is 20.4. The molecule has 2 aromatic rings. The number of carbonyl (C=O) groups excluding carboxylic acids is 3. The van der Waals surface area contributed by atoms with Crippen molar-refractivity contribution in [3.63, 3.8) is 0 Å². The van der Waals surface area contributed by atoms with Crippen LogP contribution in [-0.4, -0.2) is 54.2 Å². The monoisotopic (exact) mass is 384 g/mol. The van der Waals surface area contributed by atoms with Crippen molar-refractivity contribution in [2.24, 2.45) is 5.73 Å². The summed E-state index contributed by atoms with van der Waals surface area (Å²) in [6.07, 6.45) is -1.13. The van der Waals surface area contributed by atoms with Crippen LogP contribution in [0.3, 0.4) is 0 Å². The molecule has 1 fully saturated rings. The minimum absolute atomic E-state index is 0.0786. The van der Waals surface area contributed by atoms with E-state index in [2.05, 4.69) is 5.32 Å². The first-order valence-corrected chi connectivity index (χ1v) is 8.44. The highest BCUT2D eigenvalue weighted by atomic mass is 16.5. The number of phenolic OH excluding ortho intramolecular Hbond substituents is 1. The largest absolute Gasteiger partial charge is 0.507 e. The molecule has 1 aliphatic heterocycles.